The third kappa shape index (κ3) is 0.495. The number of hydrogen-bond acceptors (Lipinski definition) is 3. The van der Waals surface area contributed by atoms with E-state index < -0.39 is 0 Å². The number of fused-ring (bicyclic) bond motifs is 1. The van der Waals surface area contributed by atoms with Crippen LogP contribution in [0.2, 0.25) is 0 Å². The summed E-state index contributed by atoms with van der Waals surface area (Å²) in [5.74, 6) is 0. The molecule has 2 heterocycles. The van der Waals surface area contributed by atoms with E-state index in [0.717, 1.165) is 0 Å². The van der Waals surface area contributed by atoms with Gasteiger partial charge in [0.2, 0.25) is 0 Å². The first-order chi connectivity index (χ1) is 4.36. The molecule has 0 bridgehead atoms. The Morgan fingerprint density at radius 3 is 3.33 bits per heavy atom. The summed E-state index contributed by atoms with van der Waals surface area (Å²) >= 11 is 0. The van der Waals surface area contributed by atoms with Gasteiger partial charge in [-0.15, -0.1) is 0 Å². The van der Waals surface area contributed by atoms with Crippen molar-refractivity contribution in [3.8, 4) is 0 Å². The molecule has 4 heteroatoms. The minimum absolute atomic E-state index is 0.205. The van der Waals surface area contributed by atoms with Crippen LogP contribution >= 0.6 is 0 Å². The standard InChI is InChI=1S/C5H5N3O/c6-5-8-4-3(9-5)1-2-7-4/h1-2,7H,(H2,6,8). The SMILES string of the molecule is Nc1nc2[nH]ccc2o1. The molecule has 2 rings (SSSR count). The molecule has 46 valence electrons. The van der Waals surface area contributed by atoms with Crippen LogP contribution < -0.4 is 5.73 Å². The molecule has 0 unspecified atom stereocenters. The van der Waals surface area contributed by atoms with Gasteiger partial charge in [-0.3, -0.25) is 0 Å². The van der Waals surface area contributed by atoms with Crippen LogP contribution in [0.1, 0.15) is 0 Å². The fourth-order valence-electron chi connectivity index (χ4n) is 0.762. The molecule has 0 aliphatic carbocycles. The van der Waals surface area contributed by atoms with Crippen LogP contribution in [0.25, 0.3) is 11.2 Å². The van der Waals surface area contributed by atoms with E-state index in [1.54, 1.807) is 12.3 Å². The predicted molar refractivity (Wildman–Crippen MR) is 32.8 cm³/mol. The summed E-state index contributed by atoms with van der Waals surface area (Å²) < 4.78 is 4.94. The topological polar surface area (TPSA) is 67.8 Å². The molecule has 0 saturated heterocycles. The Balaban J connectivity index is 2.92. The highest BCUT2D eigenvalue weighted by Crippen LogP contribution is 2.13. The Bertz CT molecular complexity index is 293. The zero-order valence-corrected chi connectivity index (χ0v) is 4.59. The van der Waals surface area contributed by atoms with Gasteiger partial charge in [0, 0.05) is 12.3 Å². The van der Waals surface area contributed by atoms with Crippen molar-refractivity contribution in [1.29, 1.82) is 0 Å². The molecule has 0 aliphatic heterocycles. The third-order valence-electron chi connectivity index (χ3n) is 1.12. The number of nitrogen functional groups attached to an aromatic ring is 1. The summed E-state index contributed by atoms with van der Waals surface area (Å²) in [5.41, 5.74) is 6.64. The molecule has 2 aromatic rings. The van der Waals surface area contributed by atoms with Crippen LogP contribution in [-0.2, 0) is 0 Å². The second-order valence-electron chi connectivity index (χ2n) is 1.74. The van der Waals surface area contributed by atoms with Crippen molar-refractivity contribution >= 4 is 17.2 Å². The molecule has 0 aromatic carbocycles. The normalized spacial score (nSPS) is 10.7. The number of hydrogen-bond donors (Lipinski definition) is 2. The molecule has 4 nitrogen and oxygen atoms in total. The summed E-state index contributed by atoms with van der Waals surface area (Å²) in [6.45, 7) is 0. The van der Waals surface area contributed by atoms with E-state index in [9.17, 15) is 0 Å². The van der Waals surface area contributed by atoms with Crippen LogP contribution in [-0.4, -0.2) is 9.97 Å². The van der Waals surface area contributed by atoms with Crippen LogP contribution in [0.15, 0.2) is 16.7 Å². The minimum Gasteiger partial charge on any atom is -0.422 e. The maximum absolute atomic E-state index is 5.24. The molecule has 2 aromatic heterocycles. The van der Waals surface area contributed by atoms with Crippen LogP contribution in [0.3, 0.4) is 0 Å². The highest BCUT2D eigenvalue weighted by Gasteiger charge is 1.99. The van der Waals surface area contributed by atoms with Crippen LogP contribution in [0.5, 0.6) is 0 Å². The molecule has 9 heavy (non-hydrogen) atoms. The largest absolute Gasteiger partial charge is 0.422 e. The second kappa shape index (κ2) is 1.28. The zero-order valence-electron chi connectivity index (χ0n) is 4.59. The van der Waals surface area contributed by atoms with Gasteiger partial charge in [-0.25, -0.2) is 0 Å². The summed E-state index contributed by atoms with van der Waals surface area (Å²) in [6.07, 6.45) is 1.75. The van der Waals surface area contributed by atoms with Crippen molar-refractivity contribution in [2.75, 3.05) is 5.73 Å². The lowest BCUT2D eigenvalue weighted by Crippen LogP contribution is -1.81. The minimum atomic E-state index is 0.205. The number of H-pyrrole nitrogens is 1. The first kappa shape index (κ1) is 4.43. The van der Waals surface area contributed by atoms with Gasteiger partial charge in [0.05, 0.1) is 0 Å². The van der Waals surface area contributed by atoms with E-state index >= 15 is 0 Å². The first-order valence-corrected chi connectivity index (χ1v) is 2.55. The maximum atomic E-state index is 5.24. The lowest BCUT2D eigenvalue weighted by Gasteiger charge is -1.72. The first-order valence-electron chi connectivity index (χ1n) is 2.55. The molecule has 0 amide bonds. The smallest absolute Gasteiger partial charge is 0.294 e. The number of nitrogens with two attached hydrogens (primary N) is 1. The highest BCUT2D eigenvalue weighted by atomic mass is 16.4. The Labute approximate surface area is 50.7 Å². The van der Waals surface area contributed by atoms with Crippen molar-refractivity contribution in [2.24, 2.45) is 0 Å². The quantitative estimate of drug-likeness (QED) is 0.542. The van der Waals surface area contributed by atoms with E-state index in [1.165, 1.54) is 0 Å². The van der Waals surface area contributed by atoms with Crippen molar-refractivity contribution in [3.63, 3.8) is 0 Å². The zero-order chi connectivity index (χ0) is 6.27. The van der Waals surface area contributed by atoms with Gasteiger partial charge in [-0.1, -0.05) is 0 Å². The Hall–Kier alpha value is -1.45. The molecular formula is C5H5N3O. The Kier molecular flexibility index (Phi) is 0.631. The van der Waals surface area contributed by atoms with Crippen LogP contribution in [0.4, 0.5) is 6.01 Å². The molecule has 0 saturated carbocycles. The van der Waals surface area contributed by atoms with Gasteiger partial charge in [-0.2, -0.15) is 4.98 Å². The molecule has 0 fully saturated rings. The van der Waals surface area contributed by atoms with Crippen molar-refractivity contribution in [1.82, 2.24) is 9.97 Å². The van der Waals surface area contributed by atoms with Gasteiger partial charge in [-0.05, 0) is 0 Å². The van der Waals surface area contributed by atoms with E-state index in [0.29, 0.717) is 11.2 Å². The van der Waals surface area contributed by atoms with E-state index in [2.05, 4.69) is 9.97 Å². The summed E-state index contributed by atoms with van der Waals surface area (Å²) in [7, 11) is 0. The predicted octanol–water partition coefficient (Wildman–Crippen LogP) is 0.738. The Morgan fingerprint density at radius 2 is 2.56 bits per heavy atom. The van der Waals surface area contributed by atoms with Crippen molar-refractivity contribution in [2.45, 2.75) is 0 Å². The number of nitrogens with one attached hydrogen (secondary N) is 1. The molecular weight excluding hydrogens is 118 g/mol. The molecule has 0 spiro atoms. The Morgan fingerprint density at radius 1 is 1.67 bits per heavy atom. The van der Waals surface area contributed by atoms with Gasteiger partial charge in [0.15, 0.2) is 11.2 Å². The number of nitrogens with zero attached hydrogens (tertiary/aromatic N) is 1. The van der Waals surface area contributed by atoms with Crippen molar-refractivity contribution < 1.29 is 4.42 Å². The third-order valence-corrected chi connectivity index (χ3v) is 1.12. The number of rotatable bonds is 0. The van der Waals surface area contributed by atoms with Gasteiger partial charge < -0.3 is 15.1 Å². The fourth-order valence-corrected chi connectivity index (χ4v) is 0.762. The summed E-state index contributed by atoms with van der Waals surface area (Å²) in [5, 5.41) is 0. The maximum Gasteiger partial charge on any atom is 0.294 e. The average molecular weight is 123 g/mol. The lowest BCUT2D eigenvalue weighted by atomic mass is 10.6. The molecule has 3 N–H and O–H groups in total. The van der Waals surface area contributed by atoms with Gasteiger partial charge in [0.25, 0.3) is 6.01 Å². The van der Waals surface area contributed by atoms with Gasteiger partial charge in [0.1, 0.15) is 0 Å². The average Bonchev–Trinajstić information content (AvgIpc) is 2.22. The summed E-state index contributed by atoms with van der Waals surface area (Å²) in [4.78, 5) is 6.68. The summed E-state index contributed by atoms with van der Waals surface area (Å²) in [6, 6.07) is 1.98. The van der Waals surface area contributed by atoms with E-state index in [1.807, 2.05) is 0 Å². The van der Waals surface area contributed by atoms with E-state index in [4.69, 9.17) is 10.2 Å². The number of aromatic amines is 1. The van der Waals surface area contributed by atoms with Gasteiger partial charge >= 0.3 is 0 Å². The molecule has 0 aliphatic rings. The monoisotopic (exact) mass is 123 g/mol. The molecule has 0 radical (unpaired) electrons. The van der Waals surface area contributed by atoms with Crippen molar-refractivity contribution in [3.05, 3.63) is 12.3 Å². The number of oxazole rings is 1. The fraction of sp³-hybridized carbons (Fsp3) is 0. The highest BCUT2D eigenvalue weighted by molar-refractivity contribution is 5.69. The lowest BCUT2D eigenvalue weighted by molar-refractivity contribution is 0.626. The number of anilines is 1. The van der Waals surface area contributed by atoms with Crippen LogP contribution in [0, 0.1) is 0 Å². The molecule has 0 atom stereocenters. The number of aromatic nitrogens is 2. The van der Waals surface area contributed by atoms with E-state index in [-0.39, 0.29) is 6.01 Å². The second-order valence-corrected chi connectivity index (χ2v) is 1.74.